The molecular formula is C16H23NO3. The molecule has 1 aromatic rings. The molecule has 0 unspecified atom stereocenters. The molecule has 1 amide bonds. The van der Waals surface area contributed by atoms with E-state index in [-0.39, 0.29) is 24.5 Å². The number of ether oxygens (including phenoxy) is 1. The first kappa shape index (κ1) is 15.0. The number of carbonyl (C=O) groups excluding carboxylic acids is 1. The third kappa shape index (κ3) is 3.38. The van der Waals surface area contributed by atoms with Crippen LogP contribution in [0, 0.1) is 5.92 Å². The number of aliphatic hydroxyl groups is 1. The highest BCUT2D eigenvalue weighted by Crippen LogP contribution is 2.24. The lowest BCUT2D eigenvalue weighted by molar-refractivity contribution is -0.143. The molecule has 0 aliphatic carbocycles. The first-order chi connectivity index (χ1) is 9.77. The van der Waals surface area contributed by atoms with Gasteiger partial charge in [0.2, 0.25) is 5.91 Å². The fourth-order valence-electron chi connectivity index (χ4n) is 2.76. The summed E-state index contributed by atoms with van der Waals surface area (Å²) in [6.07, 6.45) is 1.81. The Balaban J connectivity index is 2.14. The average molecular weight is 277 g/mol. The van der Waals surface area contributed by atoms with E-state index in [4.69, 9.17) is 4.74 Å². The van der Waals surface area contributed by atoms with E-state index in [0.717, 1.165) is 25.0 Å². The van der Waals surface area contributed by atoms with E-state index >= 15 is 0 Å². The molecule has 0 saturated carbocycles. The van der Waals surface area contributed by atoms with Gasteiger partial charge in [-0.15, -0.1) is 0 Å². The van der Waals surface area contributed by atoms with Crippen molar-refractivity contribution in [1.82, 2.24) is 4.90 Å². The van der Waals surface area contributed by atoms with E-state index in [1.54, 1.807) is 4.90 Å². The highest BCUT2D eigenvalue weighted by molar-refractivity contribution is 5.79. The van der Waals surface area contributed by atoms with Crippen molar-refractivity contribution in [1.29, 1.82) is 0 Å². The zero-order chi connectivity index (χ0) is 14.4. The van der Waals surface area contributed by atoms with Gasteiger partial charge in [0.05, 0.1) is 25.2 Å². The predicted octanol–water partition coefficient (Wildman–Crippen LogP) is 2.00. The van der Waals surface area contributed by atoms with Gasteiger partial charge in [-0.25, -0.2) is 0 Å². The summed E-state index contributed by atoms with van der Waals surface area (Å²) in [5.41, 5.74) is 0.974. The lowest BCUT2D eigenvalue weighted by Gasteiger charge is -2.34. The van der Waals surface area contributed by atoms with Gasteiger partial charge in [-0.2, -0.15) is 0 Å². The smallest absolute Gasteiger partial charge is 0.228 e. The molecule has 4 heteroatoms. The quantitative estimate of drug-likeness (QED) is 0.895. The molecule has 1 heterocycles. The number of hydrogen-bond acceptors (Lipinski definition) is 3. The standard InChI is InChI=1S/C16H23NO3/c1-2-17(16(19)14-9-6-10-20-12-14)15(11-18)13-7-4-3-5-8-13/h3-5,7-8,14-15,18H,2,6,9-12H2,1H3/t14-,15+/m0/s1. The van der Waals surface area contributed by atoms with Crippen molar-refractivity contribution in [2.45, 2.75) is 25.8 Å². The molecular weight excluding hydrogens is 254 g/mol. The van der Waals surface area contributed by atoms with Crippen LogP contribution in [-0.4, -0.2) is 42.3 Å². The van der Waals surface area contributed by atoms with Crippen LogP contribution in [0.15, 0.2) is 30.3 Å². The Bertz CT molecular complexity index is 415. The Morgan fingerprint density at radius 3 is 2.75 bits per heavy atom. The van der Waals surface area contributed by atoms with Crippen molar-refractivity contribution in [3.05, 3.63) is 35.9 Å². The molecule has 1 aromatic carbocycles. The Kier molecular flexibility index (Phi) is 5.56. The summed E-state index contributed by atoms with van der Waals surface area (Å²) in [6, 6.07) is 9.43. The maximum Gasteiger partial charge on any atom is 0.228 e. The zero-order valence-corrected chi connectivity index (χ0v) is 12.0. The second kappa shape index (κ2) is 7.41. The van der Waals surface area contributed by atoms with Crippen LogP contribution in [0.5, 0.6) is 0 Å². The molecule has 1 N–H and O–H groups in total. The first-order valence-electron chi connectivity index (χ1n) is 7.32. The van der Waals surface area contributed by atoms with Crippen LogP contribution in [0.3, 0.4) is 0 Å². The van der Waals surface area contributed by atoms with Gasteiger partial charge >= 0.3 is 0 Å². The summed E-state index contributed by atoms with van der Waals surface area (Å²) in [7, 11) is 0. The minimum Gasteiger partial charge on any atom is -0.394 e. The van der Waals surface area contributed by atoms with Gasteiger partial charge in [-0.3, -0.25) is 4.79 Å². The topological polar surface area (TPSA) is 49.8 Å². The van der Waals surface area contributed by atoms with Crippen LogP contribution in [0.1, 0.15) is 31.4 Å². The minimum absolute atomic E-state index is 0.0584. The van der Waals surface area contributed by atoms with E-state index in [0.29, 0.717) is 13.2 Å². The average Bonchev–Trinajstić information content (AvgIpc) is 2.53. The molecule has 0 bridgehead atoms. The summed E-state index contributed by atoms with van der Waals surface area (Å²) in [5.74, 6) is 0.0246. The summed E-state index contributed by atoms with van der Waals surface area (Å²) >= 11 is 0. The number of rotatable bonds is 5. The van der Waals surface area contributed by atoms with Gasteiger partial charge < -0.3 is 14.7 Å². The molecule has 110 valence electrons. The molecule has 2 rings (SSSR count). The molecule has 1 aliphatic rings. The Morgan fingerprint density at radius 2 is 2.20 bits per heavy atom. The number of carbonyl (C=O) groups is 1. The first-order valence-corrected chi connectivity index (χ1v) is 7.32. The second-order valence-corrected chi connectivity index (χ2v) is 5.15. The number of nitrogens with zero attached hydrogens (tertiary/aromatic N) is 1. The Morgan fingerprint density at radius 1 is 1.45 bits per heavy atom. The van der Waals surface area contributed by atoms with Crippen molar-refractivity contribution >= 4 is 5.91 Å². The summed E-state index contributed by atoms with van der Waals surface area (Å²) in [4.78, 5) is 14.4. The third-order valence-electron chi connectivity index (χ3n) is 3.87. The maximum absolute atomic E-state index is 12.6. The molecule has 0 spiro atoms. The van der Waals surface area contributed by atoms with Crippen LogP contribution < -0.4 is 0 Å². The van der Waals surface area contributed by atoms with Crippen molar-refractivity contribution in [2.24, 2.45) is 5.92 Å². The maximum atomic E-state index is 12.6. The molecule has 1 aliphatic heterocycles. The molecule has 4 nitrogen and oxygen atoms in total. The van der Waals surface area contributed by atoms with Crippen LogP contribution >= 0.6 is 0 Å². The van der Waals surface area contributed by atoms with Gasteiger partial charge in [0, 0.05) is 13.2 Å². The zero-order valence-electron chi connectivity index (χ0n) is 12.0. The molecule has 2 atom stereocenters. The summed E-state index contributed by atoms with van der Waals surface area (Å²) < 4.78 is 5.41. The minimum atomic E-state index is -0.268. The molecule has 20 heavy (non-hydrogen) atoms. The molecule has 0 radical (unpaired) electrons. The number of amides is 1. The van der Waals surface area contributed by atoms with Crippen LogP contribution in [0.4, 0.5) is 0 Å². The fraction of sp³-hybridized carbons (Fsp3) is 0.562. The highest BCUT2D eigenvalue weighted by Gasteiger charge is 2.30. The predicted molar refractivity (Wildman–Crippen MR) is 77.2 cm³/mol. The SMILES string of the molecule is CCN(C(=O)[C@H]1CCCOC1)[C@H](CO)c1ccccc1. The van der Waals surface area contributed by atoms with Gasteiger partial charge in [-0.05, 0) is 25.3 Å². The largest absolute Gasteiger partial charge is 0.394 e. The summed E-state index contributed by atoms with van der Waals surface area (Å²) in [5, 5.41) is 9.70. The van der Waals surface area contributed by atoms with Gasteiger partial charge in [0.15, 0.2) is 0 Å². The van der Waals surface area contributed by atoms with Crippen LogP contribution in [-0.2, 0) is 9.53 Å². The second-order valence-electron chi connectivity index (χ2n) is 5.15. The van der Waals surface area contributed by atoms with E-state index in [1.165, 1.54) is 0 Å². The number of likely N-dealkylation sites (N-methyl/N-ethyl adjacent to an activating group) is 1. The van der Waals surface area contributed by atoms with E-state index in [2.05, 4.69) is 0 Å². The van der Waals surface area contributed by atoms with Gasteiger partial charge in [0.25, 0.3) is 0 Å². The molecule has 1 fully saturated rings. The van der Waals surface area contributed by atoms with E-state index in [1.807, 2.05) is 37.3 Å². The van der Waals surface area contributed by atoms with Crippen LogP contribution in [0.2, 0.25) is 0 Å². The molecule has 1 saturated heterocycles. The summed E-state index contributed by atoms with van der Waals surface area (Å²) in [6.45, 7) is 3.74. The lowest BCUT2D eigenvalue weighted by atomic mass is 9.98. The van der Waals surface area contributed by atoms with Crippen molar-refractivity contribution < 1.29 is 14.6 Å². The van der Waals surface area contributed by atoms with Gasteiger partial charge in [-0.1, -0.05) is 30.3 Å². The van der Waals surface area contributed by atoms with E-state index in [9.17, 15) is 9.90 Å². The third-order valence-corrected chi connectivity index (χ3v) is 3.87. The van der Waals surface area contributed by atoms with Crippen molar-refractivity contribution in [3.63, 3.8) is 0 Å². The van der Waals surface area contributed by atoms with Crippen LogP contribution in [0.25, 0.3) is 0 Å². The Labute approximate surface area is 120 Å². The van der Waals surface area contributed by atoms with E-state index < -0.39 is 0 Å². The number of benzene rings is 1. The van der Waals surface area contributed by atoms with Crippen molar-refractivity contribution in [2.75, 3.05) is 26.4 Å². The highest BCUT2D eigenvalue weighted by atomic mass is 16.5. The van der Waals surface area contributed by atoms with Crippen molar-refractivity contribution in [3.8, 4) is 0 Å². The lowest BCUT2D eigenvalue weighted by Crippen LogP contribution is -2.42. The number of hydrogen-bond donors (Lipinski definition) is 1. The fourth-order valence-corrected chi connectivity index (χ4v) is 2.76. The Hall–Kier alpha value is -1.39. The number of aliphatic hydroxyl groups excluding tert-OH is 1. The monoisotopic (exact) mass is 277 g/mol. The normalized spacial score (nSPS) is 20.4. The van der Waals surface area contributed by atoms with Gasteiger partial charge in [0.1, 0.15) is 0 Å². The molecule has 0 aromatic heterocycles.